The number of pyridine rings is 1. The van der Waals surface area contributed by atoms with Crippen LogP contribution in [0.25, 0.3) is 0 Å². The fourth-order valence-electron chi connectivity index (χ4n) is 4.92. The number of ether oxygens (including phenoxy) is 1. The topological polar surface area (TPSA) is 61.8 Å². The summed E-state index contributed by atoms with van der Waals surface area (Å²) in [4.78, 5) is 11.3. The molecule has 4 rings (SSSR count). The monoisotopic (exact) mass is 357 g/mol. The third-order valence-corrected chi connectivity index (χ3v) is 6.43. The van der Waals surface area contributed by atoms with Crippen molar-refractivity contribution < 1.29 is 4.74 Å². The van der Waals surface area contributed by atoms with Crippen LogP contribution >= 0.6 is 0 Å². The molecule has 3 fully saturated rings. The summed E-state index contributed by atoms with van der Waals surface area (Å²) >= 11 is 0. The van der Waals surface area contributed by atoms with Gasteiger partial charge in [-0.2, -0.15) is 0 Å². The lowest BCUT2D eigenvalue weighted by molar-refractivity contribution is -0.106. The highest BCUT2D eigenvalue weighted by Gasteiger charge is 2.59. The second kappa shape index (κ2) is 7.06. The van der Waals surface area contributed by atoms with Crippen molar-refractivity contribution in [3.05, 3.63) is 24.4 Å². The van der Waals surface area contributed by atoms with Gasteiger partial charge in [0.05, 0.1) is 6.10 Å². The number of rotatable bonds is 3. The number of nitrogens with one attached hydrogen (secondary N) is 2. The molecule has 1 aliphatic carbocycles. The minimum absolute atomic E-state index is 0.168. The number of fused-ring (bicyclic) bond motifs is 1. The van der Waals surface area contributed by atoms with Crippen molar-refractivity contribution in [1.29, 1.82) is 0 Å². The molecular formula is C20H31N5O. The third kappa shape index (κ3) is 3.15. The van der Waals surface area contributed by atoms with Crippen LogP contribution in [0.15, 0.2) is 29.4 Å². The van der Waals surface area contributed by atoms with Crippen LogP contribution in [0.5, 0.6) is 0 Å². The lowest BCUT2D eigenvalue weighted by Gasteiger charge is -2.55. The Balaban J connectivity index is 1.30. The first-order valence-corrected chi connectivity index (χ1v) is 9.87. The minimum atomic E-state index is 0.168. The van der Waals surface area contributed by atoms with Gasteiger partial charge in [0.25, 0.3) is 0 Å². The van der Waals surface area contributed by atoms with E-state index in [2.05, 4.69) is 51.5 Å². The van der Waals surface area contributed by atoms with Gasteiger partial charge in [-0.15, -0.1) is 0 Å². The van der Waals surface area contributed by atoms with Gasteiger partial charge < -0.3 is 20.3 Å². The highest BCUT2D eigenvalue weighted by molar-refractivity contribution is 5.80. The molecule has 3 unspecified atom stereocenters. The zero-order chi connectivity index (χ0) is 18.1. The highest BCUT2D eigenvalue weighted by Crippen LogP contribution is 2.52. The van der Waals surface area contributed by atoms with Crippen LogP contribution in [0.4, 0.5) is 5.82 Å². The summed E-state index contributed by atoms with van der Waals surface area (Å²) < 4.78 is 5.90. The van der Waals surface area contributed by atoms with Crippen molar-refractivity contribution in [3.8, 4) is 0 Å². The second-order valence-corrected chi connectivity index (χ2v) is 8.35. The van der Waals surface area contributed by atoms with Gasteiger partial charge in [0.1, 0.15) is 5.82 Å². The van der Waals surface area contributed by atoms with Crippen molar-refractivity contribution in [2.24, 2.45) is 16.3 Å². The molecule has 26 heavy (non-hydrogen) atoms. The number of hydrogen-bond donors (Lipinski definition) is 2. The summed E-state index contributed by atoms with van der Waals surface area (Å²) in [5, 5.41) is 7.33. The average Bonchev–Trinajstić information content (AvgIpc) is 3.13. The molecule has 0 radical (unpaired) electrons. The predicted molar refractivity (Wildman–Crippen MR) is 105 cm³/mol. The van der Waals surface area contributed by atoms with E-state index in [0.717, 1.165) is 50.7 Å². The maximum absolute atomic E-state index is 5.90. The standard InChI is InChI=1S/C20H31N5O/c1-20(2)17(15-9-13-26-18(15)20)24-19(21-3)23-14-7-11-25(12-8-14)16-6-4-5-10-22-16/h4-6,10,14-15,17-18H,7-9,11-13H2,1-3H3,(H2,21,23,24). The van der Waals surface area contributed by atoms with Gasteiger partial charge in [0.2, 0.25) is 0 Å². The van der Waals surface area contributed by atoms with Crippen LogP contribution in [0, 0.1) is 11.3 Å². The Morgan fingerprint density at radius 1 is 1.23 bits per heavy atom. The van der Waals surface area contributed by atoms with Gasteiger partial charge in [-0.25, -0.2) is 4.98 Å². The minimum Gasteiger partial charge on any atom is -0.377 e. The first-order valence-electron chi connectivity index (χ1n) is 9.87. The fourth-order valence-corrected chi connectivity index (χ4v) is 4.92. The fraction of sp³-hybridized carbons (Fsp3) is 0.700. The number of aliphatic imine (C=N–C) groups is 1. The van der Waals surface area contributed by atoms with Crippen LogP contribution in [0.1, 0.15) is 33.1 Å². The van der Waals surface area contributed by atoms with Gasteiger partial charge in [-0.1, -0.05) is 19.9 Å². The third-order valence-electron chi connectivity index (χ3n) is 6.43. The zero-order valence-corrected chi connectivity index (χ0v) is 16.1. The molecule has 142 valence electrons. The normalized spacial score (nSPS) is 31.3. The summed E-state index contributed by atoms with van der Waals surface area (Å²) in [6.45, 7) is 7.55. The Kier molecular flexibility index (Phi) is 4.78. The van der Waals surface area contributed by atoms with Crippen LogP contribution in [0.3, 0.4) is 0 Å². The molecule has 2 aliphatic heterocycles. The maximum atomic E-state index is 5.90. The first-order chi connectivity index (χ1) is 12.6. The number of anilines is 1. The van der Waals surface area contributed by atoms with Gasteiger partial charge in [-0.05, 0) is 31.4 Å². The summed E-state index contributed by atoms with van der Waals surface area (Å²) in [5.74, 6) is 2.64. The van der Waals surface area contributed by atoms with Crippen LogP contribution < -0.4 is 15.5 Å². The molecule has 0 aromatic carbocycles. The van der Waals surface area contributed by atoms with E-state index in [-0.39, 0.29) is 5.41 Å². The summed E-state index contributed by atoms with van der Waals surface area (Å²) in [7, 11) is 1.87. The molecule has 1 saturated carbocycles. The van der Waals surface area contributed by atoms with Gasteiger partial charge in [-0.3, -0.25) is 4.99 Å². The van der Waals surface area contributed by atoms with E-state index < -0.39 is 0 Å². The molecule has 0 bridgehead atoms. The molecule has 0 spiro atoms. The molecule has 1 aromatic rings. The number of guanidine groups is 1. The molecule has 3 heterocycles. The molecule has 2 N–H and O–H groups in total. The van der Waals surface area contributed by atoms with E-state index in [1.54, 1.807) is 0 Å². The number of piperidine rings is 1. The van der Waals surface area contributed by atoms with Crippen molar-refractivity contribution in [2.75, 3.05) is 31.6 Å². The lowest BCUT2D eigenvalue weighted by atomic mass is 9.57. The van der Waals surface area contributed by atoms with E-state index in [1.165, 1.54) is 0 Å². The van der Waals surface area contributed by atoms with E-state index >= 15 is 0 Å². The van der Waals surface area contributed by atoms with E-state index in [1.807, 2.05) is 19.3 Å². The van der Waals surface area contributed by atoms with Crippen molar-refractivity contribution >= 4 is 11.8 Å². The Labute approximate surface area is 156 Å². The van der Waals surface area contributed by atoms with Gasteiger partial charge in [0.15, 0.2) is 5.96 Å². The predicted octanol–water partition coefficient (Wildman–Crippen LogP) is 2.03. The zero-order valence-electron chi connectivity index (χ0n) is 16.1. The Morgan fingerprint density at radius 2 is 2.04 bits per heavy atom. The van der Waals surface area contributed by atoms with Crippen LogP contribution in [-0.4, -0.2) is 55.9 Å². The summed E-state index contributed by atoms with van der Waals surface area (Å²) in [6.07, 6.45) is 5.62. The van der Waals surface area contributed by atoms with Crippen LogP contribution in [0.2, 0.25) is 0 Å². The first kappa shape index (κ1) is 17.6. The van der Waals surface area contributed by atoms with Gasteiger partial charge in [0, 0.05) is 56.4 Å². The number of nitrogens with zero attached hydrogens (tertiary/aromatic N) is 3. The second-order valence-electron chi connectivity index (χ2n) is 8.35. The quantitative estimate of drug-likeness (QED) is 0.640. The average molecular weight is 358 g/mol. The summed E-state index contributed by atoms with van der Waals surface area (Å²) in [6, 6.07) is 7.01. The molecule has 3 aliphatic rings. The van der Waals surface area contributed by atoms with E-state index in [9.17, 15) is 0 Å². The molecule has 1 aromatic heterocycles. The van der Waals surface area contributed by atoms with E-state index in [0.29, 0.717) is 24.1 Å². The largest absolute Gasteiger partial charge is 0.377 e. The molecule has 6 nitrogen and oxygen atoms in total. The molecule has 2 saturated heterocycles. The smallest absolute Gasteiger partial charge is 0.191 e. The van der Waals surface area contributed by atoms with Crippen molar-refractivity contribution in [1.82, 2.24) is 15.6 Å². The Bertz CT molecular complexity index is 639. The molecule has 3 atom stereocenters. The maximum Gasteiger partial charge on any atom is 0.191 e. The van der Waals surface area contributed by atoms with Gasteiger partial charge >= 0.3 is 0 Å². The van der Waals surface area contributed by atoms with Crippen LogP contribution in [-0.2, 0) is 4.74 Å². The number of hydrogen-bond acceptors (Lipinski definition) is 4. The highest BCUT2D eigenvalue weighted by atomic mass is 16.5. The van der Waals surface area contributed by atoms with E-state index in [4.69, 9.17) is 4.74 Å². The molecular weight excluding hydrogens is 326 g/mol. The molecule has 6 heteroatoms. The van der Waals surface area contributed by atoms with Crippen molar-refractivity contribution in [3.63, 3.8) is 0 Å². The lowest BCUT2D eigenvalue weighted by Crippen LogP contribution is -2.68. The molecule has 0 amide bonds. The Hall–Kier alpha value is -1.82. The van der Waals surface area contributed by atoms with Crippen molar-refractivity contribution in [2.45, 2.75) is 51.3 Å². The SMILES string of the molecule is CN=C(NC1CCN(c2ccccn2)CC1)NC1C2CCOC2C1(C)C. The Morgan fingerprint density at radius 3 is 2.73 bits per heavy atom. The number of aromatic nitrogens is 1. The summed E-state index contributed by atoms with van der Waals surface area (Å²) in [5.41, 5.74) is 0.168.